The van der Waals surface area contributed by atoms with Crippen molar-refractivity contribution >= 4 is 29.9 Å². The maximum Gasteiger partial charge on any atom is 0.246 e. The van der Waals surface area contributed by atoms with Gasteiger partial charge in [0.2, 0.25) is 11.8 Å². The van der Waals surface area contributed by atoms with Gasteiger partial charge in [0.1, 0.15) is 6.04 Å². The predicted octanol–water partition coefficient (Wildman–Crippen LogP) is 2.57. The number of carbonyl (C=O) groups is 2. The first-order valence-electron chi connectivity index (χ1n) is 8.51. The largest absolute Gasteiger partial charge is 0.343 e. The lowest BCUT2D eigenvalue weighted by Gasteiger charge is -2.26. The van der Waals surface area contributed by atoms with E-state index in [0.29, 0.717) is 13.0 Å². The molecule has 138 valence electrons. The Morgan fingerprint density at radius 2 is 1.73 bits per heavy atom. The molecule has 0 spiro atoms. The van der Waals surface area contributed by atoms with Crippen LogP contribution in [0.1, 0.15) is 23.6 Å². The number of fused-ring (bicyclic) bond motifs is 1. The molecule has 5 nitrogen and oxygen atoms in total. The topological polar surface area (TPSA) is 70.2 Å². The second-order valence-corrected chi connectivity index (χ2v) is 6.49. The molecule has 2 unspecified atom stereocenters. The predicted molar refractivity (Wildman–Crippen MR) is 105 cm³/mol. The zero-order valence-electron chi connectivity index (χ0n) is 14.9. The van der Waals surface area contributed by atoms with Crippen LogP contribution in [0.2, 0.25) is 0 Å². The van der Waals surface area contributed by atoms with Crippen molar-refractivity contribution in [1.29, 1.82) is 0 Å². The van der Waals surface area contributed by atoms with Gasteiger partial charge in [-0.15, -0.1) is 12.4 Å². The molecule has 2 amide bonds. The van der Waals surface area contributed by atoms with Crippen LogP contribution in [0.25, 0.3) is 0 Å². The summed E-state index contributed by atoms with van der Waals surface area (Å²) in [4.78, 5) is 24.7. The fourth-order valence-corrected chi connectivity index (χ4v) is 2.91. The van der Waals surface area contributed by atoms with Gasteiger partial charge < -0.3 is 16.0 Å². The molecule has 0 bridgehead atoms. The van der Waals surface area contributed by atoms with Crippen LogP contribution in [0.5, 0.6) is 0 Å². The van der Waals surface area contributed by atoms with Crippen molar-refractivity contribution in [3.63, 3.8) is 0 Å². The van der Waals surface area contributed by atoms with E-state index < -0.39 is 6.04 Å². The van der Waals surface area contributed by atoms with Crippen molar-refractivity contribution < 1.29 is 9.59 Å². The molecule has 3 rings (SSSR count). The first-order chi connectivity index (χ1) is 12.0. The third kappa shape index (κ3) is 4.84. The molecule has 2 atom stereocenters. The lowest BCUT2D eigenvalue weighted by atomic mass is 9.95. The molecule has 26 heavy (non-hydrogen) atoms. The Balaban J connectivity index is 0.00000243. The zero-order valence-corrected chi connectivity index (χ0v) is 15.7. The normalized spacial score (nSPS) is 16.6. The van der Waals surface area contributed by atoms with Crippen molar-refractivity contribution in [3.05, 3.63) is 65.2 Å². The minimum Gasteiger partial charge on any atom is -0.343 e. The van der Waals surface area contributed by atoms with Crippen molar-refractivity contribution in [3.8, 4) is 0 Å². The second-order valence-electron chi connectivity index (χ2n) is 6.49. The quantitative estimate of drug-likeness (QED) is 0.771. The summed E-state index contributed by atoms with van der Waals surface area (Å²) in [5.41, 5.74) is 4.25. The fourth-order valence-electron chi connectivity index (χ4n) is 2.91. The average molecular weight is 374 g/mol. The van der Waals surface area contributed by atoms with Crippen LogP contribution in [-0.2, 0) is 22.6 Å². The summed E-state index contributed by atoms with van der Waals surface area (Å²) in [6, 6.07) is 14.7. The van der Waals surface area contributed by atoms with E-state index in [1.807, 2.05) is 49.4 Å². The van der Waals surface area contributed by atoms with Crippen LogP contribution in [-0.4, -0.2) is 23.9 Å². The van der Waals surface area contributed by atoms with Crippen molar-refractivity contribution in [2.75, 3.05) is 5.32 Å². The average Bonchev–Trinajstić information content (AvgIpc) is 2.63. The first kappa shape index (κ1) is 19.9. The number of halogens is 1. The van der Waals surface area contributed by atoms with Crippen molar-refractivity contribution in [1.82, 2.24) is 10.6 Å². The monoisotopic (exact) mass is 373 g/mol. The Morgan fingerprint density at radius 1 is 1.08 bits per heavy atom. The van der Waals surface area contributed by atoms with Gasteiger partial charge >= 0.3 is 0 Å². The molecule has 1 aliphatic rings. The van der Waals surface area contributed by atoms with Gasteiger partial charge in [-0.1, -0.05) is 42.0 Å². The molecule has 3 N–H and O–H groups in total. The summed E-state index contributed by atoms with van der Waals surface area (Å²) in [7, 11) is 0. The van der Waals surface area contributed by atoms with Gasteiger partial charge in [0.15, 0.2) is 0 Å². The number of nitrogens with one attached hydrogen (secondary N) is 3. The molecule has 0 aromatic heterocycles. The number of rotatable bonds is 4. The van der Waals surface area contributed by atoms with Crippen LogP contribution in [0, 0.1) is 6.92 Å². The molecule has 0 radical (unpaired) electrons. The Morgan fingerprint density at radius 3 is 2.42 bits per heavy atom. The van der Waals surface area contributed by atoms with Gasteiger partial charge in [-0.2, -0.15) is 0 Å². The molecular weight excluding hydrogens is 350 g/mol. The van der Waals surface area contributed by atoms with Gasteiger partial charge in [-0.25, -0.2) is 0 Å². The smallest absolute Gasteiger partial charge is 0.246 e. The Labute approximate surface area is 160 Å². The van der Waals surface area contributed by atoms with Crippen LogP contribution in [0.15, 0.2) is 48.5 Å². The third-order valence-electron chi connectivity index (χ3n) is 4.47. The Bertz CT molecular complexity index is 777. The molecule has 1 heterocycles. The molecule has 2 aromatic carbocycles. The summed E-state index contributed by atoms with van der Waals surface area (Å²) in [5.74, 6) is -0.380. The SMILES string of the molecule is Cc1ccc(NC(=O)C(C)NC(=O)C2Cc3ccccc3CN2)cc1.Cl. The van der Waals surface area contributed by atoms with E-state index in [1.54, 1.807) is 6.92 Å². The number of carbonyl (C=O) groups excluding carboxylic acids is 2. The maximum absolute atomic E-state index is 12.5. The standard InChI is InChI=1S/C20H23N3O2.ClH/c1-13-7-9-17(10-8-13)23-19(24)14(2)22-20(25)18-11-15-5-3-4-6-16(15)12-21-18;/h3-10,14,18,21H,11-12H2,1-2H3,(H,22,25)(H,23,24);1H. The lowest BCUT2D eigenvalue weighted by molar-refractivity contribution is -0.127. The maximum atomic E-state index is 12.5. The molecule has 0 aliphatic carbocycles. The molecule has 6 heteroatoms. The minimum atomic E-state index is -0.604. The highest BCUT2D eigenvalue weighted by molar-refractivity contribution is 5.97. The van der Waals surface area contributed by atoms with Gasteiger partial charge in [0, 0.05) is 12.2 Å². The second kappa shape index (κ2) is 8.83. The Hall–Kier alpha value is -2.37. The van der Waals surface area contributed by atoms with E-state index in [0.717, 1.165) is 11.3 Å². The van der Waals surface area contributed by atoms with E-state index in [1.165, 1.54) is 11.1 Å². The van der Waals surface area contributed by atoms with Gasteiger partial charge in [0.25, 0.3) is 0 Å². The zero-order chi connectivity index (χ0) is 17.8. The first-order valence-corrected chi connectivity index (χ1v) is 8.51. The third-order valence-corrected chi connectivity index (χ3v) is 4.47. The molecule has 2 aromatic rings. The minimum absolute atomic E-state index is 0. The number of amides is 2. The summed E-state index contributed by atoms with van der Waals surface area (Å²) in [5, 5.41) is 8.85. The summed E-state index contributed by atoms with van der Waals surface area (Å²) < 4.78 is 0. The van der Waals surface area contributed by atoms with E-state index in [-0.39, 0.29) is 30.3 Å². The van der Waals surface area contributed by atoms with E-state index in [2.05, 4.69) is 22.0 Å². The molecule has 0 saturated heterocycles. The van der Waals surface area contributed by atoms with E-state index in [9.17, 15) is 9.59 Å². The lowest BCUT2D eigenvalue weighted by Crippen LogP contribution is -2.52. The Kier molecular flexibility index (Phi) is 6.77. The van der Waals surface area contributed by atoms with Gasteiger partial charge in [-0.3, -0.25) is 9.59 Å². The molecular formula is C20H24ClN3O2. The fraction of sp³-hybridized carbons (Fsp3) is 0.300. The summed E-state index contributed by atoms with van der Waals surface area (Å²) in [6.07, 6.45) is 0.633. The van der Waals surface area contributed by atoms with Crippen molar-refractivity contribution in [2.24, 2.45) is 0 Å². The summed E-state index contributed by atoms with van der Waals surface area (Å²) in [6.45, 7) is 4.35. The van der Waals surface area contributed by atoms with E-state index >= 15 is 0 Å². The number of hydrogen-bond acceptors (Lipinski definition) is 3. The number of anilines is 1. The van der Waals surface area contributed by atoms with Crippen LogP contribution < -0.4 is 16.0 Å². The van der Waals surface area contributed by atoms with E-state index in [4.69, 9.17) is 0 Å². The van der Waals surface area contributed by atoms with Gasteiger partial charge in [0.05, 0.1) is 6.04 Å². The van der Waals surface area contributed by atoms with Crippen LogP contribution in [0.3, 0.4) is 0 Å². The van der Waals surface area contributed by atoms with Crippen molar-refractivity contribution in [2.45, 2.75) is 38.9 Å². The summed E-state index contributed by atoms with van der Waals surface area (Å²) >= 11 is 0. The van der Waals surface area contributed by atoms with Crippen LogP contribution in [0.4, 0.5) is 5.69 Å². The van der Waals surface area contributed by atoms with Gasteiger partial charge in [-0.05, 0) is 43.5 Å². The molecule has 1 aliphatic heterocycles. The number of aryl methyl sites for hydroxylation is 1. The highest BCUT2D eigenvalue weighted by Gasteiger charge is 2.26. The number of benzene rings is 2. The van der Waals surface area contributed by atoms with Crippen LogP contribution >= 0.6 is 12.4 Å². The number of hydrogen-bond donors (Lipinski definition) is 3. The molecule has 0 saturated carbocycles. The molecule has 0 fully saturated rings. The highest BCUT2D eigenvalue weighted by Crippen LogP contribution is 2.16. The highest BCUT2D eigenvalue weighted by atomic mass is 35.5.